The number of hydrogen-bond acceptors (Lipinski definition) is 2. The average molecular weight is 400 g/mol. The first-order valence-corrected chi connectivity index (χ1v) is 8.96. The van der Waals surface area contributed by atoms with Gasteiger partial charge in [0.15, 0.2) is 0 Å². The summed E-state index contributed by atoms with van der Waals surface area (Å²) in [5.41, 5.74) is 2.55. The molecule has 2 aromatic rings. The van der Waals surface area contributed by atoms with Gasteiger partial charge in [-0.3, -0.25) is 4.79 Å². The van der Waals surface area contributed by atoms with E-state index in [1.54, 1.807) is 18.2 Å². The number of amides is 1. The predicted octanol–water partition coefficient (Wildman–Crippen LogP) is 5.35. The molecule has 1 aliphatic rings. The molecule has 3 nitrogen and oxygen atoms in total. The topological polar surface area (TPSA) is 41.1 Å². The Labute approximate surface area is 164 Å². The van der Waals surface area contributed by atoms with Crippen molar-refractivity contribution in [1.82, 2.24) is 5.32 Å². The van der Waals surface area contributed by atoms with Crippen molar-refractivity contribution in [2.24, 2.45) is 0 Å². The third kappa shape index (κ3) is 5.61. The van der Waals surface area contributed by atoms with E-state index in [1.807, 2.05) is 12.1 Å². The van der Waals surface area contributed by atoms with Crippen LogP contribution >= 0.6 is 35.6 Å². The summed E-state index contributed by atoms with van der Waals surface area (Å²) < 4.78 is 0. The van der Waals surface area contributed by atoms with Crippen LogP contribution in [0.15, 0.2) is 42.5 Å². The molecule has 3 rings (SSSR count). The zero-order valence-corrected chi connectivity index (χ0v) is 16.1. The number of carbonyl (C=O) groups excluding carboxylic acids is 1. The lowest BCUT2D eigenvalue weighted by Gasteiger charge is -2.10. The van der Waals surface area contributed by atoms with Gasteiger partial charge in [-0.25, -0.2) is 0 Å². The van der Waals surface area contributed by atoms with E-state index < -0.39 is 0 Å². The molecule has 0 radical (unpaired) electrons. The van der Waals surface area contributed by atoms with Gasteiger partial charge in [0.25, 0.3) is 5.91 Å². The molecule has 1 aliphatic heterocycles. The van der Waals surface area contributed by atoms with Crippen molar-refractivity contribution in [3.63, 3.8) is 0 Å². The van der Waals surface area contributed by atoms with Crippen LogP contribution < -0.4 is 10.6 Å². The second-order valence-corrected chi connectivity index (χ2v) is 6.93. The summed E-state index contributed by atoms with van der Waals surface area (Å²) in [6.45, 7) is 1.14. The summed E-state index contributed by atoms with van der Waals surface area (Å²) in [7, 11) is 0. The zero-order valence-electron chi connectivity index (χ0n) is 13.7. The lowest BCUT2D eigenvalue weighted by molar-refractivity contribution is 0.102. The number of nitrogens with one attached hydrogen (secondary N) is 2. The first kappa shape index (κ1) is 20.1. The van der Waals surface area contributed by atoms with E-state index in [9.17, 15) is 4.79 Å². The van der Waals surface area contributed by atoms with E-state index in [-0.39, 0.29) is 18.3 Å². The number of halogens is 3. The van der Waals surface area contributed by atoms with Crippen LogP contribution in [0.2, 0.25) is 10.0 Å². The number of benzene rings is 2. The smallest absolute Gasteiger partial charge is 0.255 e. The minimum absolute atomic E-state index is 0. The first-order chi connectivity index (χ1) is 11.6. The molecular weight excluding hydrogens is 379 g/mol. The monoisotopic (exact) mass is 398 g/mol. The predicted molar refractivity (Wildman–Crippen MR) is 107 cm³/mol. The first-order valence-electron chi connectivity index (χ1n) is 8.20. The van der Waals surface area contributed by atoms with Gasteiger partial charge in [0.1, 0.15) is 0 Å². The molecule has 25 heavy (non-hydrogen) atoms. The Morgan fingerprint density at radius 1 is 1.12 bits per heavy atom. The molecule has 0 saturated carbocycles. The Kier molecular flexibility index (Phi) is 7.57. The Bertz CT molecular complexity index is 713. The SMILES string of the molecule is Cl.O=C(Nc1ccc(CCC2CCCN2)cc1)c1ccc(Cl)c(Cl)c1. The van der Waals surface area contributed by atoms with Crippen molar-refractivity contribution in [2.45, 2.75) is 31.7 Å². The molecule has 1 fully saturated rings. The third-order valence-electron chi connectivity index (χ3n) is 4.34. The maximum Gasteiger partial charge on any atom is 0.255 e. The molecule has 1 saturated heterocycles. The normalized spacial score (nSPS) is 16.3. The maximum atomic E-state index is 12.2. The summed E-state index contributed by atoms with van der Waals surface area (Å²) >= 11 is 11.8. The molecule has 6 heteroatoms. The standard InChI is InChI=1S/C19H20Cl2N2O.ClH/c20-17-10-6-14(12-18(17)21)19(24)23-16-8-4-13(5-9-16)3-7-15-2-1-11-22-15;/h4-6,8-10,12,15,22H,1-3,7,11H2,(H,23,24);1H. The van der Waals surface area contributed by atoms with Gasteiger partial charge in [-0.2, -0.15) is 0 Å². The Hall–Kier alpha value is -1.26. The number of hydrogen-bond donors (Lipinski definition) is 2. The summed E-state index contributed by atoms with van der Waals surface area (Å²) in [6.07, 6.45) is 4.77. The van der Waals surface area contributed by atoms with Crippen molar-refractivity contribution in [3.05, 3.63) is 63.6 Å². The summed E-state index contributed by atoms with van der Waals surface area (Å²) in [4.78, 5) is 12.2. The van der Waals surface area contributed by atoms with Crippen LogP contribution in [-0.2, 0) is 6.42 Å². The van der Waals surface area contributed by atoms with Gasteiger partial charge in [0.05, 0.1) is 10.0 Å². The molecule has 1 amide bonds. The quantitative estimate of drug-likeness (QED) is 0.711. The number of rotatable bonds is 5. The Balaban J connectivity index is 0.00000225. The molecule has 0 spiro atoms. The lowest BCUT2D eigenvalue weighted by Crippen LogP contribution is -2.21. The van der Waals surface area contributed by atoms with E-state index in [0.717, 1.165) is 25.1 Å². The van der Waals surface area contributed by atoms with Crippen LogP contribution in [0.1, 0.15) is 35.2 Å². The van der Waals surface area contributed by atoms with Crippen LogP contribution in [-0.4, -0.2) is 18.5 Å². The van der Waals surface area contributed by atoms with Crippen molar-refractivity contribution in [2.75, 3.05) is 11.9 Å². The lowest BCUT2D eigenvalue weighted by atomic mass is 10.0. The fourth-order valence-corrected chi connectivity index (χ4v) is 3.24. The molecule has 0 aliphatic carbocycles. The number of carbonyl (C=O) groups is 1. The molecule has 0 aromatic heterocycles. The highest BCUT2D eigenvalue weighted by Gasteiger charge is 2.13. The van der Waals surface area contributed by atoms with Crippen molar-refractivity contribution >= 4 is 47.2 Å². The second-order valence-electron chi connectivity index (χ2n) is 6.11. The second kappa shape index (κ2) is 9.44. The number of anilines is 1. The molecule has 134 valence electrons. The molecule has 2 N–H and O–H groups in total. The van der Waals surface area contributed by atoms with E-state index in [1.165, 1.54) is 18.4 Å². The highest BCUT2D eigenvalue weighted by Crippen LogP contribution is 2.23. The molecular formula is C19H21Cl3N2O. The molecule has 1 unspecified atom stereocenters. The van der Waals surface area contributed by atoms with Gasteiger partial charge in [-0.05, 0) is 68.1 Å². The van der Waals surface area contributed by atoms with Gasteiger partial charge < -0.3 is 10.6 Å². The molecule has 2 aromatic carbocycles. The van der Waals surface area contributed by atoms with Crippen LogP contribution in [0.3, 0.4) is 0 Å². The minimum Gasteiger partial charge on any atom is -0.322 e. The van der Waals surface area contributed by atoms with Crippen LogP contribution in [0.5, 0.6) is 0 Å². The molecule has 0 bridgehead atoms. The van der Waals surface area contributed by atoms with Crippen LogP contribution in [0, 0.1) is 0 Å². The highest BCUT2D eigenvalue weighted by atomic mass is 35.5. The summed E-state index contributed by atoms with van der Waals surface area (Å²) in [5, 5.41) is 7.20. The highest BCUT2D eigenvalue weighted by molar-refractivity contribution is 6.42. The largest absolute Gasteiger partial charge is 0.322 e. The van der Waals surface area contributed by atoms with Gasteiger partial charge >= 0.3 is 0 Å². The third-order valence-corrected chi connectivity index (χ3v) is 5.08. The van der Waals surface area contributed by atoms with Crippen LogP contribution in [0.4, 0.5) is 5.69 Å². The van der Waals surface area contributed by atoms with Gasteiger partial charge in [0.2, 0.25) is 0 Å². The molecule has 1 atom stereocenters. The average Bonchev–Trinajstić information content (AvgIpc) is 3.10. The summed E-state index contributed by atoms with van der Waals surface area (Å²) in [5.74, 6) is -0.198. The van der Waals surface area contributed by atoms with E-state index in [0.29, 0.717) is 21.7 Å². The van der Waals surface area contributed by atoms with E-state index in [2.05, 4.69) is 22.8 Å². The van der Waals surface area contributed by atoms with Crippen LogP contribution in [0.25, 0.3) is 0 Å². The molecule has 1 heterocycles. The van der Waals surface area contributed by atoms with E-state index in [4.69, 9.17) is 23.2 Å². The van der Waals surface area contributed by atoms with Gasteiger partial charge in [0, 0.05) is 17.3 Å². The summed E-state index contributed by atoms with van der Waals surface area (Å²) in [6, 6.07) is 13.5. The maximum absolute atomic E-state index is 12.2. The Morgan fingerprint density at radius 3 is 2.52 bits per heavy atom. The fraction of sp³-hybridized carbons (Fsp3) is 0.316. The van der Waals surface area contributed by atoms with Crippen molar-refractivity contribution in [1.29, 1.82) is 0 Å². The van der Waals surface area contributed by atoms with Crippen molar-refractivity contribution < 1.29 is 4.79 Å². The minimum atomic E-state index is -0.198. The van der Waals surface area contributed by atoms with Gasteiger partial charge in [-0.1, -0.05) is 35.3 Å². The fourth-order valence-electron chi connectivity index (χ4n) is 2.94. The zero-order chi connectivity index (χ0) is 16.9. The van der Waals surface area contributed by atoms with E-state index >= 15 is 0 Å². The number of aryl methyl sites for hydroxylation is 1. The van der Waals surface area contributed by atoms with Crippen molar-refractivity contribution in [3.8, 4) is 0 Å². The Morgan fingerprint density at radius 2 is 1.88 bits per heavy atom. The van der Waals surface area contributed by atoms with Gasteiger partial charge in [-0.15, -0.1) is 12.4 Å².